The highest BCUT2D eigenvalue weighted by atomic mass is 16.5. The second kappa shape index (κ2) is 5.56. The summed E-state index contributed by atoms with van der Waals surface area (Å²) in [6, 6.07) is 6.43. The zero-order valence-electron chi connectivity index (χ0n) is 12.7. The molecule has 21 heavy (non-hydrogen) atoms. The van der Waals surface area contributed by atoms with Gasteiger partial charge in [0.1, 0.15) is 5.52 Å². The Morgan fingerprint density at radius 1 is 1.38 bits per heavy atom. The fourth-order valence-electron chi connectivity index (χ4n) is 3.07. The highest BCUT2D eigenvalue weighted by Crippen LogP contribution is 2.33. The molecule has 0 bridgehead atoms. The molecule has 0 radical (unpaired) electrons. The van der Waals surface area contributed by atoms with E-state index in [1.807, 2.05) is 12.1 Å². The number of aromatic nitrogens is 1. The second-order valence-electron chi connectivity index (χ2n) is 5.82. The second-order valence-corrected chi connectivity index (χ2v) is 5.82. The molecule has 1 atom stereocenters. The van der Waals surface area contributed by atoms with E-state index in [2.05, 4.69) is 24.1 Å². The molecule has 1 aliphatic heterocycles. The van der Waals surface area contributed by atoms with Crippen LogP contribution in [-0.4, -0.2) is 23.2 Å². The van der Waals surface area contributed by atoms with E-state index < -0.39 is 0 Å². The van der Waals surface area contributed by atoms with Crippen molar-refractivity contribution in [1.29, 1.82) is 0 Å². The molecule has 114 valence electrons. The number of nitrogens with zero attached hydrogens (tertiary/aromatic N) is 1. The van der Waals surface area contributed by atoms with Crippen LogP contribution in [0.1, 0.15) is 39.5 Å². The Balaban J connectivity index is 1.75. The van der Waals surface area contributed by atoms with Gasteiger partial charge >= 0.3 is 0 Å². The van der Waals surface area contributed by atoms with Gasteiger partial charge in [0.2, 0.25) is 0 Å². The third-order valence-electron chi connectivity index (χ3n) is 4.52. The van der Waals surface area contributed by atoms with E-state index in [4.69, 9.17) is 14.9 Å². The van der Waals surface area contributed by atoms with Gasteiger partial charge in [-0.1, -0.05) is 13.8 Å². The largest absolute Gasteiger partial charge is 0.423 e. The van der Waals surface area contributed by atoms with E-state index in [1.54, 1.807) is 6.07 Å². The van der Waals surface area contributed by atoms with Gasteiger partial charge in [0.05, 0.1) is 5.60 Å². The first kappa shape index (κ1) is 14.2. The number of ether oxygens (including phenoxy) is 1. The molecule has 0 spiro atoms. The monoisotopic (exact) mass is 289 g/mol. The third-order valence-corrected chi connectivity index (χ3v) is 4.52. The summed E-state index contributed by atoms with van der Waals surface area (Å²) in [6.07, 6.45) is 4.03. The van der Waals surface area contributed by atoms with E-state index in [-0.39, 0.29) is 5.60 Å². The van der Waals surface area contributed by atoms with Crippen molar-refractivity contribution in [3.8, 4) is 0 Å². The van der Waals surface area contributed by atoms with E-state index >= 15 is 0 Å². The van der Waals surface area contributed by atoms with Crippen molar-refractivity contribution in [1.82, 2.24) is 4.98 Å². The summed E-state index contributed by atoms with van der Waals surface area (Å²) in [5.74, 6) is 0. The molecule has 1 aromatic carbocycles. The molecule has 0 amide bonds. The molecule has 3 N–H and O–H groups in total. The maximum atomic E-state index is 6.00. The highest BCUT2D eigenvalue weighted by molar-refractivity contribution is 5.78. The van der Waals surface area contributed by atoms with Gasteiger partial charge in [0, 0.05) is 24.4 Å². The molecule has 1 fully saturated rings. The first-order valence-corrected chi connectivity index (χ1v) is 7.71. The van der Waals surface area contributed by atoms with E-state index in [9.17, 15) is 0 Å². The van der Waals surface area contributed by atoms with Gasteiger partial charge in [-0.05, 0) is 37.8 Å². The summed E-state index contributed by atoms with van der Waals surface area (Å²) >= 11 is 0. The molecule has 1 saturated heterocycles. The first-order chi connectivity index (χ1) is 10.1. The Morgan fingerprint density at radius 2 is 2.19 bits per heavy atom. The van der Waals surface area contributed by atoms with Crippen LogP contribution in [0.3, 0.4) is 0 Å². The summed E-state index contributed by atoms with van der Waals surface area (Å²) in [4.78, 5) is 4.47. The van der Waals surface area contributed by atoms with Crippen molar-refractivity contribution in [3.63, 3.8) is 0 Å². The van der Waals surface area contributed by atoms with Crippen LogP contribution < -0.4 is 11.1 Å². The van der Waals surface area contributed by atoms with Gasteiger partial charge in [-0.2, -0.15) is 4.98 Å². The lowest BCUT2D eigenvalue weighted by Crippen LogP contribution is -2.43. The fourth-order valence-corrected chi connectivity index (χ4v) is 3.07. The maximum absolute atomic E-state index is 6.00. The van der Waals surface area contributed by atoms with E-state index in [0.717, 1.165) is 43.4 Å². The highest BCUT2D eigenvalue weighted by Gasteiger charge is 2.34. The third kappa shape index (κ3) is 2.83. The van der Waals surface area contributed by atoms with Crippen LogP contribution in [0.25, 0.3) is 11.1 Å². The number of hydrogen-bond acceptors (Lipinski definition) is 5. The number of rotatable bonds is 4. The number of fused-ring (bicyclic) bond motifs is 1. The number of oxazole rings is 1. The smallest absolute Gasteiger partial charge is 0.295 e. The van der Waals surface area contributed by atoms with Crippen LogP contribution in [0.5, 0.6) is 0 Å². The predicted octanol–water partition coefficient (Wildman–Crippen LogP) is 3.56. The van der Waals surface area contributed by atoms with Gasteiger partial charge in [0.15, 0.2) is 5.58 Å². The Hall–Kier alpha value is -1.75. The zero-order valence-corrected chi connectivity index (χ0v) is 12.7. The normalized spacial score (nSPS) is 21.5. The molecule has 2 aromatic rings. The quantitative estimate of drug-likeness (QED) is 0.842. The lowest BCUT2D eigenvalue weighted by molar-refractivity contribution is -0.0866. The van der Waals surface area contributed by atoms with Crippen LogP contribution in [0.4, 0.5) is 11.7 Å². The standard InChI is InChI=1S/C16H23N3O2/c1-3-16(4-2)10-12(7-8-20-16)18-15-19-13-6-5-11(17)9-14(13)21-15/h5-6,9,12H,3-4,7-8,10,17H2,1-2H3,(H,18,19). The topological polar surface area (TPSA) is 73.3 Å². The molecule has 3 rings (SSSR count). The van der Waals surface area contributed by atoms with Gasteiger partial charge < -0.3 is 20.2 Å². The van der Waals surface area contributed by atoms with Crippen molar-refractivity contribution in [2.45, 2.75) is 51.2 Å². The number of nitrogen functional groups attached to an aromatic ring is 1. The van der Waals surface area contributed by atoms with Gasteiger partial charge in [-0.3, -0.25) is 0 Å². The molecule has 0 saturated carbocycles. The molecule has 1 aliphatic rings. The first-order valence-electron chi connectivity index (χ1n) is 7.71. The fraction of sp³-hybridized carbons (Fsp3) is 0.562. The Morgan fingerprint density at radius 3 is 2.95 bits per heavy atom. The van der Waals surface area contributed by atoms with E-state index in [1.165, 1.54) is 0 Å². The lowest BCUT2D eigenvalue weighted by atomic mass is 9.86. The van der Waals surface area contributed by atoms with Crippen molar-refractivity contribution in [3.05, 3.63) is 18.2 Å². The number of nitrogens with one attached hydrogen (secondary N) is 1. The number of anilines is 2. The summed E-state index contributed by atoms with van der Waals surface area (Å²) in [6.45, 7) is 5.16. The average molecular weight is 289 g/mol. The Labute approximate surface area is 124 Å². The molecule has 1 unspecified atom stereocenters. The van der Waals surface area contributed by atoms with E-state index in [0.29, 0.717) is 17.7 Å². The Bertz CT molecular complexity index is 619. The number of benzene rings is 1. The minimum atomic E-state index is -0.00758. The van der Waals surface area contributed by atoms with Crippen molar-refractivity contribution in [2.24, 2.45) is 0 Å². The van der Waals surface area contributed by atoms with Crippen LogP contribution in [-0.2, 0) is 4.74 Å². The summed E-state index contributed by atoms with van der Waals surface area (Å²) in [5.41, 5.74) is 8.00. The van der Waals surface area contributed by atoms with Gasteiger partial charge in [0.25, 0.3) is 6.01 Å². The minimum absolute atomic E-state index is 0.00758. The van der Waals surface area contributed by atoms with Crippen molar-refractivity contribution >= 4 is 22.8 Å². The molecule has 5 nitrogen and oxygen atoms in total. The summed E-state index contributed by atoms with van der Waals surface area (Å²) in [5, 5.41) is 3.41. The Kier molecular flexibility index (Phi) is 3.76. The summed E-state index contributed by atoms with van der Waals surface area (Å²) < 4.78 is 11.7. The molecule has 0 aliphatic carbocycles. The molecular weight excluding hydrogens is 266 g/mol. The predicted molar refractivity (Wildman–Crippen MR) is 84.3 cm³/mol. The molecular formula is C16H23N3O2. The zero-order chi connectivity index (χ0) is 14.9. The molecule has 1 aromatic heterocycles. The van der Waals surface area contributed by atoms with Crippen LogP contribution in [0, 0.1) is 0 Å². The van der Waals surface area contributed by atoms with Gasteiger partial charge in [-0.25, -0.2) is 0 Å². The van der Waals surface area contributed by atoms with Crippen molar-refractivity contribution < 1.29 is 9.15 Å². The van der Waals surface area contributed by atoms with Crippen LogP contribution in [0.2, 0.25) is 0 Å². The number of nitrogens with two attached hydrogens (primary N) is 1. The minimum Gasteiger partial charge on any atom is -0.423 e. The lowest BCUT2D eigenvalue weighted by Gasteiger charge is -2.40. The number of hydrogen-bond donors (Lipinski definition) is 2. The van der Waals surface area contributed by atoms with Crippen LogP contribution in [0.15, 0.2) is 22.6 Å². The molecule has 5 heteroatoms. The average Bonchev–Trinajstić information content (AvgIpc) is 2.88. The van der Waals surface area contributed by atoms with Crippen LogP contribution >= 0.6 is 0 Å². The maximum Gasteiger partial charge on any atom is 0.295 e. The SMILES string of the molecule is CCC1(CC)CC(Nc2nc3ccc(N)cc3o2)CCO1. The summed E-state index contributed by atoms with van der Waals surface area (Å²) in [7, 11) is 0. The molecule has 2 heterocycles. The van der Waals surface area contributed by atoms with Gasteiger partial charge in [-0.15, -0.1) is 0 Å². The van der Waals surface area contributed by atoms with Crippen molar-refractivity contribution in [2.75, 3.05) is 17.7 Å².